The van der Waals surface area contributed by atoms with Crippen LogP contribution in [-0.2, 0) is 20.4 Å². The molecular formula is C15H16F3N3O3. The molecule has 0 radical (unpaired) electrons. The summed E-state index contributed by atoms with van der Waals surface area (Å²) in [7, 11) is 0. The van der Waals surface area contributed by atoms with Crippen LogP contribution in [0.4, 0.5) is 18.9 Å². The number of halogens is 3. The summed E-state index contributed by atoms with van der Waals surface area (Å²) in [6.45, 7) is 1.55. The molecule has 2 aliphatic heterocycles. The van der Waals surface area contributed by atoms with Crippen LogP contribution in [-0.4, -0.2) is 44.7 Å². The van der Waals surface area contributed by atoms with Crippen molar-refractivity contribution in [3.8, 4) is 0 Å². The van der Waals surface area contributed by atoms with Gasteiger partial charge in [-0.1, -0.05) is 0 Å². The van der Waals surface area contributed by atoms with E-state index in [-0.39, 0.29) is 23.8 Å². The van der Waals surface area contributed by atoms with Gasteiger partial charge in [0, 0.05) is 30.9 Å². The van der Waals surface area contributed by atoms with Gasteiger partial charge in [0.05, 0.1) is 12.2 Å². The molecule has 9 heteroatoms. The topological polar surface area (TPSA) is 63.2 Å². The van der Waals surface area contributed by atoms with E-state index in [1.165, 1.54) is 12.1 Å². The van der Waals surface area contributed by atoms with Gasteiger partial charge >= 0.3 is 6.18 Å². The molecule has 2 aliphatic rings. The minimum absolute atomic E-state index is 0.0363. The monoisotopic (exact) mass is 343 g/mol. The molecule has 1 N–H and O–H groups in total. The molecule has 0 bridgehead atoms. The van der Waals surface area contributed by atoms with Gasteiger partial charge in [-0.05, 0) is 24.6 Å². The Bertz CT molecular complexity index is 653. The average Bonchev–Trinajstić information content (AvgIpc) is 2.83. The highest BCUT2D eigenvalue weighted by Crippen LogP contribution is 2.37. The van der Waals surface area contributed by atoms with Gasteiger partial charge in [-0.15, -0.1) is 5.10 Å². The number of nitrogens with zero attached hydrogens (tertiary/aromatic N) is 2. The van der Waals surface area contributed by atoms with Gasteiger partial charge in [0.2, 0.25) is 5.90 Å². The number of carbonyl (C=O) groups is 1. The van der Waals surface area contributed by atoms with E-state index in [4.69, 9.17) is 9.47 Å². The largest absolute Gasteiger partial charge is 0.466 e. The molecule has 0 saturated carbocycles. The Hall–Kier alpha value is -2.29. The van der Waals surface area contributed by atoms with Crippen LogP contribution in [0, 0.1) is 0 Å². The molecule has 2 heterocycles. The number of benzene rings is 1. The van der Waals surface area contributed by atoms with Gasteiger partial charge in [0.25, 0.3) is 5.91 Å². The smallest absolute Gasteiger partial charge is 0.418 e. The van der Waals surface area contributed by atoms with Gasteiger partial charge in [-0.3, -0.25) is 4.79 Å². The first-order valence-electron chi connectivity index (χ1n) is 7.49. The maximum Gasteiger partial charge on any atom is 0.418 e. The number of nitrogens with one attached hydrogen (secondary N) is 1. The second kappa shape index (κ2) is 6.68. The number of hydrazone groups is 1. The Morgan fingerprint density at radius 3 is 2.75 bits per heavy atom. The van der Waals surface area contributed by atoms with Crippen molar-refractivity contribution < 1.29 is 27.4 Å². The van der Waals surface area contributed by atoms with E-state index in [0.717, 1.165) is 6.07 Å². The first kappa shape index (κ1) is 16.6. The molecule has 3 rings (SSSR count). The van der Waals surface area contributed by atoms with E-state index in [1.807, 2.05) is 0 Å². The first-order valence-corrected chi connectivity index (χ1v) is 7.49. The highest BCUT2D eigenvalue weighted by atomic mass is 19.4. The van der Waals surface area contributed by atoms with Crippen molar-refractivity contribution in [3.05, 3.63) is 29.3 Å². The molecule has 0 aromatic heterocycles. The number of amides is 1. The maximum absolute atomic E-state index is 13.5. The molecule has 24 heavy (non-hydrogen) atoms. The van der Waals surface area contributed by atoms with E-state index < -0.39 is 17.6 Å². The molecule has 0 aliphatic carbocycles. The normalized spacial score (nSPS) is 19.2. The number of hydrogen-bond donors (Lipinski definition) is 1. The van der Waals surface area contributed by atoms with Gasteiger partial charge in [-0.25, -0.2) is 5.43 Å². The molecular weight excluding hydrogens is 327 g/mol. The van der Waals surface area contributed by atoms with Crippen LogP contribution in [0.15, 0.2) is 23.3 Å². The zero-order chi connectivity index (χ0) is 17.2. The zero-order valence-corrected chi connectivity index (χ0v) is 12.7. The number of alkyl halides is 3. The molecule has 0 atom stereocenters. The molecule has 0 spiro atoms. The van der Waals surface area contributed by atoms with E-state index in [9.17, 15) is 18.0 Å². The fourth-order valence-electron chi connectivity index (χ4n) is 2.62. The minimum atomic E-state index is -4.52. The van der Waals surface area contributed by atoms with Crippen LogP contribution < -0.4 is 10.3 Å². The second-order valence-corrected chi connectivity index (χ2v) is 5.42. The summed E-state index contributed by atoms with van der Waals surface area (Å²) in [6, 6.07) is 3.91. The third kappa shape index (κ3) is 3.61. The lowest BCUT2D eigenvalue weighted by atomic mass is 10.1. The molecule has 1 amide bonds. The molecule has 1 aromatic carbocycles. The van der Waals surface area contributed by atoms with Crippen LogP contribution in [0.1, 0.15) is 17.5 Å². The summed E-state index contributed by atoms with van der Waals surface area (Å²) < 4.78 is 50.9. The fourth-order valence-corrected chi connectivity index (χ4v) is 2.62. The van der Waals surface area contributed by atoms with Crippen molar-refractivity contribution >= 4 is 17.5 Å². The van der Waals surface area contributed by atoms with E-state index in [1.54, 1.807) is 4.90 Å². The molecule has 1 saturated heterocycles. The summed E-state index contributed by atoms with van der Waals surface area (Å²) in [5, 5.41) is 3.66. The van der Waals surface area contributed by atoms with Crippen LogP contribution in [0.5, 0.6) is 0 Å². The predicted molar refractivity (Wildman–Crippen MR) is 79.7 cm³/mol. The highest BCUT2D eigenvalue weighted by molar-refractivity contribution is 5.98. The summed E-state index contributed by atoms with van der Waals surface area (Å²) >= 11 is 0. The Labute approximate surface area is 136 Å². The predicted octanol–water partition coefficient (Wildman–Crippen LogP) is 1.74. The van der Waals surface area contributed by atoms with E-state index >= 15 is 0 Å². The number of rotatable bonds is 2. The number of ether oxygens (including phenoxy) is 2. The van der Waals surface area contributed by atoms with E-state index in [0.29, 0.717) is 32.7 Å². The van der Waals surface area contributed by atoms with E-state index in [2.05, 4.69) is 10.5 Å². The van der Waals surface area contributed by atoms with Crippen molar-refractivity contribution in [3.63, 3.8) is 0 Å². The van der Waals surface area contributed by atoms with Crippen LogP contribution in [0.3, 0.4) is 0 Å². The SMILES string of the molecule is O=C1COC(c2ccc(N3CCCOCC3)c(C(F)(F)F)c2)=NN1. The number of hydrogen-bond acceptors (Lipinski definition) is 5. The fraction of sp³-hybridized carbons (Fsp3) is 0.467. The molecule has 1 fully saturated rings. The zero-order valence-electron chi connectivity index (χ0n) is 12.7. The number of carbonyl (C=O) groups excluding carboxylic acids is 1. The third-order valence-corrected chi connectivity index (χ3v) is 3.73. The lowest BCUT2D eigenvalue weighted by molar-refractivity contribution is -0.137. The van der Waals surface area contributed by atoms with Gasteiger partial charge in [0.1, 0.15) is 0 Å². The van der Waals surface area contributed by atoms with Crippen molar-refractivity contribution in [2.75, 3.05) is 37.8 Å². The molecule has 0 unspecified atom stereocenters. The third-order valence-electron chi connectivity index (χ3n) is 3.73. The standard InChI is InChI=1S/C15H16F3N3O3/c16-15(17,18)11-8-10(14-20-19-13(22)9-24-14)2-3-12(11)21-4-1-6-23-7-5-21/h2-3,8H,1,4-7,9H2,(H,19,22). The van der Waals surface area contributed by atoms with Crippen molar-refractivity contribution in [2.24, 2.45) is 5.10 Å². The molecule has 1 aromatic rings. The first-order chi connectivity index (χ1) is 11.4. The summed E-state index contributed by atoms with van der Waals surface area (Å²) in [5.74, 6) is -0.484. The maximum atomic E-state index is 13.5. The highest BCUT2D eigenvalue weighted by Gasteiger charge is 2.36. The molecule has 6 nitrogen and oxygen atoms in total. The number of anilines is 1. The summed E-state index contributed by atoms with van der Waals surface area (Å²) in [6.07, 6.45) is -3.85. The Balaban J connectivity index is 1.96. The lowest BCUT2D eigenvalue weighted by Crippen LogP contribution is -2.32. The summed E-state index contributed by atoms with van der Waals surface area (Å²) in [4.78, 5) is 12.7. The quantitative estimate of drug-likeness (QED) is 0.889. The Morgan fingerprint density at radius 2 is 2.04 bits per heavy atom. The van der Waals surface area contributed by atoms with Gasteiger partial charge in [-0.2, -0.15) is 13.2 Å². The minimum Gasteiger partial charge on any atom is -0.466 e. The summed E-state index contributed by atoms with van der Waals surface area (Å²) in [5.41, 5.74) is 1.70. The van der Waals surface area contributed by atoms with Crippen molar-refractivity contribution in [2.45, 2.75) is 12.6 Å². The van der Waals surface area contributed by atoms with Crippen molar-refractivity contribution in [1.29, 1.82) is 0 Å². The van der Waals surface area contributed by atoms with Crippen molar-refractivity contribution in [1.82, 2.24) is 5.43 Å². The average molecular weight is 343 g/mol. The Morgan fingerprint density at radius 1 is 1.21 bits per heavy atom. The lowest BCUT2D eigenvalue weighted by Gasteiger charge is -2.26. The second-order valence-electron chi connectivity index (χ2n) is 5.42. The Kier molecular flexibility index (Phi) is 4.61. The van der Waals surface area contributed by atoms with Crippen LogP contribution >= 0.6 is 0 Å². The van der Waals surface area contributed by atoms with Gasteiger partial charge in [0.15, 0.2) is 6.61 Å². The van der Waals surface area contributed by atoms with Gasteiger partial charge < -0.3 is 14.4 Å². The molecule has 130 valence electrons. The van der Waals surface area contributed by atoms with Crippen LogP contribution in [0.2, 0.25) is 0 Å². The van der Waals surface area contributed by atoms with Crippen LogP contribution in [0.25, 0.3) is 0 Å².